The summed E-state index contributed by atoms with van der Waals surface area (Å²) in [5.41, 5.74) is 4.52. The number of anilines is 2. The molecule has 0 saturated carbocycles. The molecule has 0 radical (unpaired) electrons. The van der Waals surface area contributed by atoms with Crippen LogP contribution in [0.5, 0.6) is 11.5 Å². The van der Waals surface area contributed by atoms with E-state index >= 15 is 0 Å². The number of carbonyl (C=O) groups is 2. The number of amides is 1. The minimum Gasteiger partial charge on any atom is -0.493 e. The van der Waals surface area contributed by atoms with Crippen LogP contribution in [-0.4, -0.2) is 47.7 Å². The third kappa shape index (κ3) is 6.06. The highest BCUT2D eigenvalue weighted by atomic mass is 32.2. The van der Waals surface area contributed by atoms with Gasteiger partial charge >= 0.3 is 5.97 Å². The van der Waals surface area contributed by atoms with Gasteiger partial charge in [-0.2, -0.15) is 0 Å². The van der Waals surface area contributed by atoms with Crippen molar-refractivity contribution in [2.24, 2.45) is 0 Å². The van der Waals surface area contributed by atoms with Crippen LogP contribution in [0.2, 0.25) is 0 Å². The van der Waals surface area contributed by atoms with Crippen molar-refractivity contribution >= 4 is 39.4 Å². The molecular formula is C29H30N2O7S. The minimum atomic E-state index is -4.02. The smallest absolute Gasteiger partial charge is 0.331 e. The van der Waals surface area contributed by atoms with Gasteiger partial charge < -0.3 is 19.5 Å². The van der Waals surface area contributed by atoms with Gasteiger partial charge in [0.05, 0.1) is 19.9 Å². The first-order chi connectivity index (χ1) is 18.6. The first-order valence-electron chi connectivity index (χ1n) is 12.2. The molecular weight excluding hydrogens is 520 g/mol. The number of carbonyl (C=O) groups excluding carboxylic acids is 2. The fraction of sp³-hybridized carbons (Fsp3) is 0.241. The lowest BCUT2D eigenvalue weighted by atomic mass is 10.1. The largest absolute Gasteiger partial charge is 0.493 e. The van der Waals surface area contributed by atoms with Gasteiger partial charge in [-0.05, 0) is 67.3 Å². The van der Waals surface area contributed by atoms with Crippen LogP contribution in [0, 0.1) is 13.8 Å². The van der Waals surface area contributed by atoms with Crippen molar-refractivity contribution in [3.8, 4) is 11.5 Å². The Hall–Kier alpha value is -4.31. The van der Waals surface area contributed by atoms with Crippen LogP contribution in [0.15, 0.2) is 65.6 Å². The molecule has 0 saturated heterocycles. The molecule has 0 aliphatic carbocycles. The number of rotatable bonds is 9. The minimum absolute atomic E-state index is 0.0599. The van der Waals surface area contributed by atoms with Crippen molar-refractivity contribution in [3.05, 3.63) is 82.9 Å². The van der Waals surface area contributed by atoms with Gasteiger partial charge in [0, 0.05) is 18.3 Å². The predicted molar refractivity (Wildman–Crippen MR) is 149 cm³/mol. The quantitative estimate of drug-likeness (QED) is 0.313. The maximum atomic E-state index is 13.7. The van der Waals surface area contributed by atoms with Gasteiger partial charge in [0.25, 0.3) is 15.9 Å². The number of nitrogens with one attached hydrogen (secondary N) is 1. The van der Waals surface area contributed by atoms with Gasteiger partial charge in [-0.1, -0.05) is 35.9 Å². The van der Waals surface area contributed by atoms with Crippen molar-refractivity contribution in [2.75, 3.05) is 37.0 Å². The Morgan fingerprint density at radius 3 is 2.51 bits per heavy atom. The van der Waals surface area contributed by atoms with Gasteiger partial charge in [0.2, 0.25) is 0 Å². The lowest BCUT2D eigenvalue weighted by molar-refractivity contribution is -0.142. The molecule has 0 atom stereocenters. The maximum absolute atomic E-state index is 13.7. The number of benzene rings is 3. The van der Waals surface area contributed by atoms with E-state index < -0.39 is 28.5 Å². The number of aryl methyl sites for hydroxylation is 2. The fourth-order valence-electron chi connectivity index (χ4n) is 4.40. The zero-order chi connectivity index (χ0) is 28.2. The molecule has 1 aliphatic heterocycles. The molecule has 1 aliphatic rings. The number of esters is 1. The molecule has 39 heavy (non-hydrogen) atoms. The molecule has 0 fully saturated rings. The van der Waals surface area contributed by atoms with Crippen molar-refractivity contribution in [1.82, 2.24) is 0 Å². The summed E-state index contributed by atoms with van der Waals surface area (Å²) in [5.74, 6) is -0.996. The monoisotopic (exact) mass is 550 g/mol. The Labute approximate surface area is 228 Å². The van der Waals surface area contributed by atoms with E-state index in [9.17, 15) is 18.0 Å². The standard InChI is InChI=1S/C29H30N2O7S/c1-19-9-11-23(20(2)15-19)30-27(32)18-38-28(33)12-10-21-16-25(36-3)29(37-4)26(17-21)39(34,35)31-14-13-22-7-5-6-8-24(22)31/h5-12,15-17H,13-14,18H2,1-4H3,(H,30,32). The number of para-hydroxylation sites is 1. The summed E-state index contributed by atoms with van der Waals surface area (Å²) in [6.45, 7) is 3.65. The topological polar surface area (TPSA) is 111 Å². The molecule has 0 spiro atoms. The van der Waals surface area contributed by atoms with Crippen molar-refractivity contribution < 1.29 is 32.2 Å². The second-order valence-electron chi connectivity index (χ2n) is 9.02. The average Bonchev–Trinajstić information content (AvgIpc) is 3.37. The maximum Gasteiger partial charge on any atom is 0.331 e. The van der Waals surface area contributed by atoms with Crippen LogP contribution >= 0.6 is 0 Å². The highest BCUT2D eigenvalue weighted by molar-refractivity contribution is 7.93. The van der Waals surface area contributed by atoms with Crippen LogP contribution in [0.4, 0.5) is 11.4 Å². The van der Waals surface area contributed by atoms with Crippen LogP contribution < -0.4 is 19.1 Å². The second-order valence-corrected chi connectivity index (χ2v) is 10.8. The number of ether oxygens (including phenoxy) is 3. The molecule has 10 heteroatoms. The Kier molecular flexibility index (Phi) is 8.25. The van der Waals surface area contributed by atoms with E-state index in [1.165, 1.54) is 30.7 Å². The number of nitrogens with zero attached hydrogens (tertiary/aromatic N) is 1. The summed E-state index contributed by atoms with van der Waals surface area (Å²) in [4.78, 5) is 24.5. The number of hydrogen-bond acceptors (Lipinski definition) is 7. The van der Waals surface area contributed by atoms with E-state index in [0.717, 1.165) is 22.8 Å². The van der Waals surface area contributed by atoms with Crippen LogP contribution in [0.1, 0.15) is 22.3 Å². The zero-order valence-electron chi connectivity index (χ0n) is 22.2. The molecule has 4 rings (SSSR count). The third-order valence-electron chi connectivity index (χ3n) is 6.29. The highest BCUT2D eigenvalue weighted by Crippen LogP contribution is 2.40. The molecule has 0 bridgehead atoms. The van der Waals surface area contributed by atoms with Crippen molar-refractivity contribution in [2.45, 2.75) is 25.2 Å². The van der Waals surface area contributed by atoms with Crippen molar-refractivity contribution in [3.63, 3.8) is 0 Å². The van der Waals surface area contributed by atoms with E-state index in [-0.39, 0.29) is 16.4 Å². The number of sulfonamides is 1. The average molecular weight is 551 g/mol. The lowest BCUT2D eigenvalue weighted by Crippen LogP contribution is -2.29. The first-order valence-corrected chi connectivity index (χ1v) is 13.7. The van der Waals surface area contributed by atoms with Crippen LogP contribution in [0.25, 0.3) is 6.08 Å². The van der Waals surface area contributed by atoms with E-state index in [2.05, 4.69) is 5.32 Å². The van der Waals surface area contributed by atoms with Gasteiger partial charge in [-0.3, -0.25) is 9.10 Å². The van der Waals surface area contributed by atoms with Crippen molar-refractivity contribution in [1.29, 1.82) is 0 Å². The summed E-state index contributed by atoms with van der Waals surface area (Å²) in [5, 5.41) is 2.71. The number of fused-ring (bicyclic) bond motifs is 1. The molecule has 204 valence electrons. The molecule has 0 aromatic heterocycles. The summed E-state index contributed by atoms with van der Waals surface area (Å²) < 4.78 is 44.7. The highest BCUT2D eigenvalue weighted by Gasteiger charge is 2.34. The molecule has 3 aromatic carbocycles. The second kappa shape index (κ2) is 11.6. The number of hydrogen-bond donors (Lipinski definition) is 1. The lowest BCUT2D eigenvalue weighted by Gasteiger charge is -2.22. The van der Waals surface area contributed by atoms with Crippen LogP contribution in [-0.2, 0) is 30.8 Å². The van der Waals surface area contributed by atoms with E-state index in [1.54, 1.807) is 24.3 Å². The predicted octanol–water partition coefficient (Wildman–Crippen LogP) is 4.27. The Bertz CT molecular complexity index is 1550. The Morgan fingerprint density at radius 1 is 1.03 bits per heavy atom. The van der Waals surface area contributed by atoms with Gasteiger partial charge in [-0.25, -0.2) is 13.2 Å². The summed E-state index contributed by atoms with van der Waals surface area (Å²) >= 11 is 0. The first kappa shape index (κ1) is 27.7. The summed E-state index contributed by atoms with van der Waals surface area (Å²) in [6, 6.07) is 15.9. The van der Waals surface area contributed by atoms with Gasteiger partial charge in [-0.15, -0.1) is 0 Å². The molecule has 1 heterocycles. The van der Waals surface area contributed by atoms with E-state index in [1.807, 2.05) is 38.1 Å². The van der Waals surface area contributed by atoms with Gasteiger partial charge in [0.15, 0.2) is 18.1 Å². The fourth-order valence-corrected chi connectivity index (χ4v) is 6.11. The Balaban J connectivity index is 1.51. The summed E-state index contributed by atoms with van der Waals surface area (Å²) in [7, 11) is -1.26. The van der Waals surface area contributed by atoms with Crippen LogP contribution in [0.3, 0.4) is 0 Å². The molecule has 1 amide bonds. The normalized spacial score (nSPS) is 12.8. The molecule has 3 aromatic rings. The molecule has 1 N–H and O–H groups in total. The molecule has 9 nitrogen and oxygen atoms in total. The van der Waals surface area contributed by atoms with E-state index in [4.69, 9.17) is 14.2 Å². The summed E-state index contributed by atoms with van der Waals surface area (Å²) in [6.07, 6.45) is 3.10. The zero-order valence-corrected chi connectivity index (χ0v) is 23.0. The molecule has 0 unspecified atom stereocenters. The Morgan fingerprint density at radius 2 is 1.79 bits per heavy atom. The third-order valence-corrected chi connectivity index (χ3v) is 8.11. The number of methoxy groups -OCH3 is 2. The van der Waals surface area contributed by atoms with E-state index in [0.29, 0.717) is 29.9 Å². The van der Waals surface area contributed by atoms with Gasteiger partial charge in [0.1, 0.15) is 4.90 Å². The SMILES string of the molecule is COc1cc(C=CC(=O)OCC(=O)Nc2ccc(C)cc2C)cc(S(=O)(=O)N2CCc3ccccc32)c1OC.